The summed E-state index contributed by atoms with van der Waals surface area (Å²) >= 11 is 1.54. The smallest absolute Gasteiger partial charge is 0.341 e. The lowest BCUT2D eigenvalue weighted by Gasteiger charge is -2.17. The average Bonchev–Trinajstić information content (AvgIpc) is 3.09. The van der Waals surface area contributed by atoms with Gasteiger partial charge >= 0.3 is 5.97 Å². The number of nitriles is 1. The van der Waals surface area contributed by atoms with Crippen molar-refractivity contribution in [2.45, 2.75) is 26.2 Å². The highest BCUT2D eigenvalue weighted by atomic mass is 32.1. The van der Waals surface area contributed by atoms with E-state index in [1.807, 2.05) is 0 Å². The predicted octanol–water partition coefficient (Wildman–Crippen LogP) is 3.64. The number of aryl methyl sites for hydroxylation is 1. The summed E-state index contributed by atoms with van der Waals surface area (Å²) in [5.41, 5.74) is 1.85. The van der Waals surface area contributed by atoms with Crippen molar-refractivity contribution >= 4 is 39.2 Å². The molecule has 0 bridgehead atoms. The van der Waals surface area contributed by atoms with E-state index < -0.39 is 12.6 Å². The largest absolute Gasteiger partial charge is 0.482 e. The number of aliphatic carboxylic acids is 1. The lowest BCUT2D eigenvalue weighted by atomic mass is 9.89. The molecule has 7 nitrogen and oxygen atoms in total. The number of nitrogens with one attached hydrogen (secondary N) is 1. The van der Waals surface area contributed by atoms with Crippen LogP contribution in [0.25, 0.3) is 21.9 Å². The summed E-state index contributed by atoms with van der Waals surface area (Å²) in [5, 5.41) is 19.0. The van der Waals surface area contributed by atoms with Crippen LogP contribution in [0.15, 0.2) is 29.1 Å². The van der Waals surface area contributed by atoms with E-state index in [4.69, 9.17) is 9.84 Å². The van der Waals surface area contributed by atoms with Crippen LogP contribution in [-0.2, 0) is 17.6 Å². The highest BCUT2D eigenvalue weighted by Gasteiger charge is 2.23. The Kier molecular flexibility index (Phi) is 5.38. The number of aromatic nitrogens is 2. The molecular weight excluding hydrogens is 402 g/mol. The number of nitrogens with zero attached hydrogens (tertiary/aromatic N) is 2. The summed E-state index contributed by atoms with van der Waals surface area (Å²) in [6.07, 6.45) is 4.54. The number of hydrogen-bond donors (Lipinski definition) is 2. The van der Waals surface area contributed by atoms with Gasteiger partial charge < -0.3 is 14.8 Å². The molecule has 0 saturated carbocycles. The molecule has 0 saturated heterocycles. The zero-order valence-corrected chi connectivity index (χ0v) is 17.1. The summed E-state index contributed by atoms with van der Waals surface area (Å²) in [5.74, 6) is 0.203. The van der Waals surface area contributed by atoms with Crippen molar-refractivity contribution in [2.24, 2.45) is 5.92 Å². The van der Waals surface area contributed by atoms with Gasteiger partial charge in [-0.15, -0.1) is 11.3 Å². The minimum atomic E-state index is -1.05. The normalized spacial score (nSPS) is 16.1. The average molecular weight is 421 g/mol. The third-order valence-corrected chi connectivity index (χ3v) is 6.24. The Bertz CT molecular complexity index is 1250. The standard InChI is InChI=1S/C22H19N3O4S/c1-12-2-7-16-17(8-12)30-22-19(16)21(28)24-20(25-22)14(10-23)9-13-3-5-15(6-4-13)29-11-18(26)27/h3-6,9,12H,2,7-8,11H2,1H3,(H,26,27)(H,24,25,28)/b14-9-. The quantitative estimate of drug-likeness (QED) is 0.608. The number of carboxylic acid groups (broad SMARTS) is 1. The molecule has 2 heterocycles. The van der Waals surface area contributed by atoms with Crippen molar-refractivity contribution in [1.29, 1.82) is 5.26 Å². The molecule has 30 heavy (non-hydrogen) atoms. The number of ether oxygens (including phenoxy) is 1. The Balaban J connectivity index is 1.67. The fraction of sp³-hybridized carbons (Fsp3) is 0.273. The van der Waals surface area contributed by atoms with Gasteiger partial charge in [-0.2, -0.15) is 5.26 Å². The second-order valence-corrected chi connectivity index (χ2v) is 8.45. The SMILES string of the molecule is CC1CCc2c(sc3nc(/C(C#N)=C\c4ccc(OCC(=O)O)cc4)[nH]c(=O)c23)C1. The number of H-pyrrole nitrogens is 1. The number of carbonyl (C=O) groups is 1. The van der Waals surface area contributed by atoms with Gasteiger partial charge in [0.05, 0.1) is 11.0 Å². The summed E-state index contributed by atoms with van der Waals surface area (Å²) in [6.45, 7) is 1.79. The summed E-state index contributed by atoms with van der Waals surface area (Å²) in [6, 6.07) is 8.76. The second-order valence-electron chi connectivity index (χ2n) is 7.37. The van der Waals surface area contributed by atoms with Crippen LogP contribution in [0, 0.1) is 17.2 Å². The maximum atomic E-state index is 12.8. The number of benzene rings is 1. The molecule has 1 aliphatic carbocycles. The third kappa shape index (κ3) is 3.98. The molecule has 4 rings (SSSR count). The van der Waals surface area contributed by atoms with Crippen molar-refractivity contribution in [3.63, 3.8) is 0 Å². The Morgan fingerprint density at radius 1 is 1.43 bits per heavy atom. The van der Waals surface area contributed by atoms with E-state index in [0.29, 0.717) is 27.4 Å². The summed E-state index contributed by atoms with van der Waals surface area (Å²) in [4.78, 5) is 32.6. The van der Waals surface area contributed by atoms with Crippen molar-refractivity contribution in [1.82, 2.24) is 9.97 Å². The number of hydrogen-bond acceptors (Lipinski definition) is 6. The first-order valence-electron chi connectivity index (χ1n) is 9.56. The van der Waals surface area contributed by atoms with Gasteiger partial charge in [0.25, 0.3) is 5.56 Å². The van der Waals surface area contributed by atoms with Crippen molar-refractivity contribution in [3.8, 4) is 11.8 Å². The molecule has 0 amide bonds. The van der Waals surface area contributed by atoms with Gasteiger partial charge in [-0.1, -0.05) is 19.1 Å². The number of rotatable bonds is 5. The van der Waals surface area contributed by atoms with Gasteiger partial charge in [0, 0.05) is 4.88 Å². The van der Waals surface area contributed by atoms with Crippen LogP contribution in [0.1, 0.15) is 35.2 Å². The number of thiophene rings is 1. The van der Waals surface area contributed by atoms with Gasteiger partial charge in [-0.05, 0) is 54.5 Å². The monoisotopic (exact) mass is 421 g/mol. The Labute approximate surface area is 176 Å². The minimum Gasteiger partial charge on any atom is -0.482 e. The van der Waals surface area contributed by atoms with E-state index in [2.05, 4.69) is 23.0 Å². The molecule has 8 heteroatoms. The molecule has 0 spiro atoms. The van der Waals surface area contributed by atoms with Crippen LogP contribution in [0.5, 0.6) is 5.75 Å². The second kappa shape index (κ2) is 8.13. The van der Waals surface area contributed by atoms with Crippen LogP contribution < -0.4 is 10.3 Å². The molecule has 0 radical (unpaired) electrons. The lowest BCUT2D eigenvalue weighted by molar-refractivity contribution is -0.139. The maximum absolute atomic E-state index is 12.8. The fourth-order valence-corrected chi connectivity index (χ4v) is 4.99. The summed E-state index contributed by atoms with van der Waals surface area (Å²) in [7, 11) is 0. The molecular formula is C22H19N3O4S. The first-order chi connectivity index (χ1) is 14.4. The number of aromatic amines is 1. The number of allylic oxidation sites excluding steroid dienone is 1. The Morgan fingerprint density at radius 3 is 2.90 bits per heavy atom. The lowest BCUT2D eigenvalue weighted by Crippen LogP contribution is -2.14. The first kappa shape index (κ1) is 19.9. The van der Waals surface area contributed by atoms with Crippen molar-refractivity contribution < 1.29 is 14.6 Å². The molecule has 3 aromatic rings. The fourth-order valence-electron chi connectivity index (χ4n) is 3.60. The van der Waals surface area contributed by atoms with Crippen molar-refractivity contribution in [3.05, 3.63) is 56.4 Å². The molecule has 2 aromatic heterocycles. The zero-order valence-electron chi connectivity index (χ0n) is 16.3. The van der Waals surface area contributed by atoms with Crippen LogP contribution in [0.3, 0.4) is 0 Å². The molecule has 1 atom stereocenters. The van der Waals surface area contributed by atoms with Crippen molar-refractivity contribution in [2.75, 3.05) is 6.61 Å². The highest BCUT2D eigenvalue weighted by molar-refractivity contribution is 7.18. The van der Waals surface area contributed by atoms with Gasteiger partial charge in [-0.25, -0.2) is 9.78 Å². The van der Waals surface area contributed by atoms with Gasteiger partial charge in [0.1, 0.15) is 16.6 Å². The molecule has 2 N–H and O–H groups in total. The van der Waals surface area contributed by atoms with Gasteiger partial charge in [-0.3, -0.25) is 4.79 Å². The third-order valence-electron chi connectivity index (χ3n) is 5.09. The van der Waals surface area contributed by atoms with E-state index in [1.54, 1.807) is 41.7 Å². The summed E-state index contributed by atoms with van der Waals surface area (Å²) < 4.78 is 5.11. The maximum Gasteiger partial charge on any atom is 0.341 e. The molecule has 152 valence electrons. The van der Waals surface area contributed by atoms with E-state index in [1.165, 1.54) is 4.88 Å². The van der Waals surface area contributed by atoms with E-state index in [0.717, 1.165) is 24.8 Å². The van der Waals surface area contributed by atoms with E-state index in [9.17, 15) is 14.9 Å². The minimum absolute atomic E-state index is 0.208. The number of carboxylic acids is 1. The van der Waals surface area contributed by atoms with Crippen LogP contribution in [-0.4, -0.2) is 27.7 Å². The van der Waals surface area contributed by atoms with Gasteiger partial charge in [0.2, 0.25) is 0 Å². The van der Waals surface area contributed by atoms with E-state index in [-0.39, 0.29) is 17.0 Å². The molecule has 1 aromatic carbocycles. The zero-order chi connectivity index (χ0) is 21.3. The van der Waals surface area contributed by atoms with Gasteiger partial charge in [0.15, 0.2) is 12.4 Å². The Hall–Kier alpha value is -3.44. The first-order valence-corrected chi connectivity index (χ1v) is 10.4. The highest BCUT2D eigenvalue weighted by Crippen LogP contribution is 2.36. The Morgan fingerprint density at radius 2 is 2.20 bits per heavy atom. The van der Waals surface area contributed by atoms with E-state index >= 15 is 0 Å². The topological polar surface area (TPSA) is 116 Å². The predicted molar refractivity (Wildman–Crippen MR) is 114 cm³/mol. The molecule has 0 fully saturated rings. The van der Waals surface area contributed by atoms with Crippen LogP contribution in [0.4, 0.5) is 0 Å². The number of fused-ring (bicyclic) bond motifs is 3. The molecule has 1 unspecified atom stereocenters. The molecule has 1 aliphatic rings. The molecule has 0 aliphatic heterocycles. The van der Waals surface area contributed by atoms with Crippen LogP contribution >= 0.6 is 11.3 Å². The van der Waals surface area contributed by atoms with Crippen LogP contribution in [0.2, 0.25) is 0 Å².